The molecule has 0 unspecified atom stereocenters. The molecule has 0 radical (unpaired) electrons. The molecule has 5 heteroatoms. The van der Waals surface area contributed by atoms with Crippen molar-refractivity contribution in [3.63, 3.8) is 0 Å². The fourth-order valence-corrected chi connectivity index (χ4v) is 3.76. The van der Waals surface area contributed by atoms with Crippen molar-refractivity contribution >= 4 is 5.97 Å². The Balaban J connectivity index is 1.76. The van der Waals surface area contributed by atoms with Gasteiger partial charge in [-0.15, -0.1) is 0 Å². The number of hydrogen-bond acceptors (Lipinski definition) is 4. The molecule has 26 heavy (non-hydrogen) atoms. The highest BCUT2D eigenvalue weighted by Gasteiger charge is 2.38. The van der Waals surface area contributed by atoms with E-state index in [0.29, 0.717) is 19.7 Å². The SMILES string of the molecule is COCc1cc(CN2C[C@@H](C(=O)O)[C@H](c3ccccc3)C2)ccc1OC. The van der Waals surface area contributed by atoms with Crippen LogP contribution < -0.4 is 4.74 Å². The van der Waals surface area contributed by atoms with Crippen molar-refractivity contribution in [3.8, 4) is 5.75 Å². The molecule has 1 aliphatic rings. The van der Waals surface area contributed by atoms with Gasteiger partial charge < -0.3 is 14.6 Å². The molecule has 3 rings (SSSR count). The second-order valence-corrected chi connectivity index (χ2v) is 6.74. The lowest BCUT2D eigenvalue weighted by molar-refractivity contribution is -0.141. The van der Waals surface area contributed by atoms with Crippen molar-refractivity contribution in [1.29, 1.82) is 0 Å². The van der Waals surface area contributed by atoms with E-state index in [9.17, 15) is 9.90 Å². The van der Waals surface area contributed by atoms with Crippen LogP contribution in [0.4, 0.5) is 0 Å². The van der Waals surface area contributed by atoms with Gasteiger partial charge in [-0.3, -0.25) is 9.69 Å². The van der Waals surface area contributed by atoms with Crippen molar-refractivity contribution < 1.29 is 19.4 Å². The molecule has 1 saturated heterocycles. The van der Waals surface area contributed by atoms with Gasteiger partial charge in [0.15, 0.2) is 0 Å². The number of carbonyl (C=O) groups is 1. The summed E-state index contributed by atoms with van der Waals surface area (Å²) in [4.78, 5) is 14.0. The number of benzene rings is 2. The summed E-state index contributed by atoms with van der Waals surface area (Å²) in [6.45, 7) is 2.50. The summed E-state index contributed by atoms with van der Waals surface area (Å²) in [6, 6.07) is 16.0. The monoisotopic (exact) mass is 355 g/mol. The Bertz CT molecular complexity index is 747. The Labute approximate surface area is 154 Å². The normalized spacial score (nSPS) is 20.2. The standard InChI is InChI=1S/C21H25NO4/c1-25-14-17-10-15(8-9-20(17)26-2)11-22-12-18(19(13-22)21(23)24)16-6-4-3-5-7-16/h3-10,18-19H,11-14H2,1-2H3,(H,23,24)/t18-,19+/m0/s1. The molecular formula is C21H25NO4. The molecule has 0 bridgehead atoms. The van der Waals surface area contributed by atoms with Crippen LogP contribution in [0.5, 0.6) is 5.75 Å². The van der Waals surface area contributed by atoms with Gasteiger partial charge in [-0.05, 0) is 23.3 Å². The quantitative estimate of drug-likeness (QED) is 0.827. The molecule has 1 aliphatic heterocycles. The van der Waals surface area contributed by atoms with Gasteiger partial charge in [-0.1, -0.05) is 36.4 Å². The maximum absolute atomic E-state index is 11.7. The number of carboxylic acids is 1. The van der Waals surface area contributed by atoms with E-state index in [0.717, 1.165) is 29.0 Å². The molecule has 0 spiro atoms. The molecule has 5 nitrogen and oxygen atoms in total. The number of carboxylic acid groups (broad SMARTS) is 1. The van der Waals surface area contributed by atoms with Gasteiger partial charge in [-0.2, -0.15) is 0 Å². The third-order valence-corrected chi connectivity index (χ3v) is 4.99. The van der Waals surface area contributed by atoms with Gasteiger partial charge in [0.1, 0.15) is 5.75 Å². The lowest BCUT2D eigenvalue weighted by Crippen LogP contribution is -2.23. The van der Waals surface area contributed by atoms with Crippen LogP contribution in [0.1, 0.15) is 22.6 Å². The average Bonchev–Trinajstić information content (AvgIpc) is 3.07. The van der Waals surface area contributed by atoms with E-state index in [1.165, 1.54) is 0 Å². The minimum atomic E-state index is -0.726. The molecule has 0 aliphatic carbocycles. The van der Waals surface area contributed by atoms with E-state index < -0.39 is 5.97 Å². The third kappa shape index (κ3) is 4.06. The van der Waals surface area contributed by atoms with Crippen LogP contribution >= 0.6 is 0 Å². The van der Waals surface area contributed by atoms with Gasteiger partial charge >= 0.3 is 5.97 Å². The van der Waals surface area contributed by atoms with Crippen LogP contribution in [0.2, 0.25) is 0 Å². The van der Waals surface area contributed by atoms with E-state index in [4.69, 9.17) is 9.47 Å². The highest BCUT2D eigenvalue weighted by atomic mass is 16.5. The van der Waals surface area contributed by atoms with Crippen molar-refractivity contribution in [2.24, 2.45) is 5.92 Å². The molecular weight excluding hydrogens is 330 g/mol. The summed E-state index contributed by atoms with van der Waals surface area (Å²) in [5.41, 5.74) is 3.23. The Morgan fingerprint density at radius 3 is 2.58 bits per heavy atom. The Morgan fingerprint density at radius 2 is 1.92 bits per heavy atom. The topological polar surface area (TPSA) is 59.0 Å². The first kappa shape index (κ1) is 18.4. The summed E-state index contributed by atoms with van der Waals surface area (Å²) < 4.78 is 10.6. The smallest absolute Gasteiger partial charge is 0.308 e. The van der Waals surface area contributed by atoms with Crippen LogP contribution in [0.25, 0.3) is 0 Å². The van der Waals surface area contributed by atoms with Gasteiger partial charge in [0.25, 0.3) is 0 Å². The van der Waals surface area contributed by atoms with Gasteiger partial charge in [0, 0.05) is 38.2 Å². The number of rotatable bonds is 7. The third-order valence-electron chi connectivity index (χ3n) is 4.99. The molecule has 0 amide bonds. The fraction of sp³-hybridized carbons (Fsp3) is 0.381. The lowest BCUT2D eigenvalue weighted by atomic mass is 9.89. The minimum absolute atomic E-state index is 0.0189. The average molecular weight is 355 g/mol. The molecule has 2 atom stereocenters. The number of methoxy groups -OCH3 is 2. The van der Waals surface area contributed by atoms with E-state index in [-0.39, 0.29) is 11.8 Å². The molecule has 2 aromatic rings. The van der Waals surface area contributed by atoms with E-state index in [1.807, 2.05) is 42.5 Å². The molecule has 1 fully saturated rings. The summed E-state index contributed by atoms with van der Waals surface area (Å²) in [6.07, 6.45) is 0. The highest BCUT2D eigenvalue weighted by Crippen LogP contribution is 2.34. The predicted molar refractivity (Wildman–Crippen MR) is 99.3 cm³/mol. The maximum Gasteiger partial charge on any atom is 0.308 e. The Morgan fingerprint density at radius 1 is 1.15 bits per heavy atom. The fourth-order valence-electron chi connectivity index (χ4n) is 3.76. The first-order valence-corrected chi connectivity index (χ1v) is 8.77. The van der Waals surface area contributed by atoms with E-state index in [1.54, 1.807) is 14.2 Å². The summed E-state index contributed by atoms with van der Waals surface area (Å²) in [5.74, 6) is -0.279. The van der Waals surface area contributed by atoms with Gasteiger partial charge in [0.2, 0.25) is 0 Å². The van der Waals surface area contributed by atoms with Gasteiger partial charge in [0.05, 0.1) is 19.6 Å². The summed E-state index contributed by atoms with van der Waals surface area (Å²) >= 11 is 0. The summed E-state index contributed by atoms with van der Waals surface area (Å²) in [7, 11) is 3.31. The number of aliphatic carboxylic acids is 1. The molecule has 1 heterocycles. The number of likely N-dealkylation sites (tertiary alicyclic amines) is 1. The molecule has 2 aromatic carbocycles. The van der Waals surface area contributed by atoms with Gasteiger partial charge in [-0.25, -0.2) is 0 Å². The van der Waals surface area contributed by atoms with E-state index >= 15 is 0 Å². The van der Waals surface area contributed by atoms with Crippen LogP contribution in [0, 0.1) is 5.92 Å². The zero-order chi connectivity index (χ0) is 18.5. The molecule has 1 N–H and O–H groups in total. The van der Waals surface area contributed by atoms with Crippen LogP contribution in [0.15, 0.2) is 48.5 Å². The van der Waals surface area contributed by atoms with Crippen LogP contribution in [-0.2, 0) is 22.7 Å². The highest BCUT2D eigenvalue weighted by molar-refractivity contribution is 5.72. The van der Waals surface area contributed by atoms with E-state index in [2.05, 4.69) is 11.0 Å². The van der Waals surface area contributed by atoms with Crippen molar-refractivity contribution in [1.82, 2.24) is 4.90 Å². The molecule has 0 aromatic heterocycles. The first-order chi connectivity index (χ1) is 12.6. The Kier molecular flexibility index (Phi) is 5.91. The lowest BCUT2D eigenvalue weighted by Gasteiger charge is -2.17. The summed E-state index contributed by atoms with van der Waals surface area (Å²) in [5, 5.41) is 9.65. The zero-order valence-corrected chi connectivity index (χ0v) is 15.2. The molecule has 138 valence electrons. The second kappa shape index (κ2) is 8.34. The van der Waals surface area contributed by atoms with Crippen LogP contribution in [-0.4, -0.2) is 43.3 Å². The number of hydrogen-bond donors (Lipinski definition) is 1. The number of ether oxygens (including phenoxy) is 2. The van der Waals surface area contributed by atoms with Crippen LogP contribution in [0.3, 0.4) is 0 Å². The largest absolute Gasteiger partial charge is 0.496 e. The predicted octanol–water partition coefficient (Wildman–Crippen LogP) is 3.14. The number of nitrogens with zero attached hydrogens (tertiary/aromatic N) is 1. The second-order valence-electron chi connectivity index (χ2n) is 6.74. The Hall–Kier alpha value is -2.37. The minimum Gasteiger partial charge on any atom is -0.496 e. The maximum atomic E-state index is 11.7. The van der Waals surface area contributed by atoms with Crippen molar-refractivity contribution in [2.75, 3.05) is 27.3 Å². The molecule has 0 saturated carbocycles. The van der Waals surface area contributed by atoms with Crippen molar-refractivity contribution in [3.05, 3.63) is 65.2 Å². The van der Waals surface area contributed by atoms with Crippen molar-refractivity contribution in [2.45, 2.75) is 19.1 Å². The first-order valence-electron chi connectivity index (χ1n) is 8.77. The zero-order valence-electron chi connectivity index (χ0n) is 15.2.